The van der Waals surface area contributed by atoms with E-state index < -0.39 is 23.8 Å². The molecular formula is C23H24N2O7. The van der Waals surface area contributed by atoms with Crippen molar-refractivity contribution in [3.8, 4) is 5.75 Å². The normalized spacial score (nSPS) is 15.3. The van der Waals surface area contributed by atoms with E-state index >= 15 is 0 Å². The van der Waals surface area contributed by atoms with E-state index in [1.807, 2.05) is 6.92 Å². The summed E-state index contributed by atoms with van der Waals surface area (Å²) in [6.45, 7) is 2.63. The minimum atomic E-state index is -0.663. The van der Waals surface area contributed by atoms with Crippen LogP contribution in [-0.4, -0.2) is 51.1 Å². The smallest absolute Gasteiger partial charge is 0.337 e. The highest BCUT2D eigenvalue weighted by Gasteiger charge is 2.35. The van der Waals surface area contributed by atoms with Gasteiger partial charge in [-0.25, -0.2) is 9.59 Å². The number of esters is 2. The first-order valence-electron chi connectivity index (χ1n) is 10.0. The molecule has 1 saturated heterocycles. The third kappa shape index (κ3) is 5.05. The minimum Gasteiger partial charge on any atom is -0.494 e. The summed E-state index contributed by atoms with van der Waals surface area (Å²) < 4.78 is 14.8. The third-order valence-electron chi connectivity index (χ3n) is 5.00. The van der Waals surface area contributed by atoms with Crippen molar-refractivity contribution in [2.45, 2.75) is 13.3 Å². The van der Waals surface area contributed by atoms with Crippen molar-refractivity contribution < 1.29 is 33.4 Å². The second-order valence-corrected chi connectivity index (χ2v) is 7.10. The molecule has 0 aliphatic carbocycles. The van der Waals surface area contributed by atoms with Gasteiger partial charge >= 0.3 is 11.9 Å². The van der Waals surface area contributed by atoms with Gasteiger partial charge in [0.15, 0.2) is 0 Å². The van der Waals surface area contributed by atoms with E-state index in [9.17, 15) is 19.2 Å². The molecule has 0 bridgehead atoms. The lowest BCUT2D eigenvalue weighted by molar-refractivity contribution is -0.122. The maximum Gasteiger partial charge on any atom is 0.337 e. The second-order valence-electron chi connectivity index (χ2n) is 7.10. The molecule has 1 aliphatic rings. The van der Waals surface area contributed by atoms with Gasteiger partial charge in [-0.1, -0.05) is 0 Å². The van der Waals surface area contributed by atoms with Crippen LogP contribution in [-0.2, 0) is 19.1 Å². The molecule has 0 aromatic heterocycles. The molecule has 168 valence electrons. The predicted molar refractivity (Wildman–Crippen MR) is 116 cm³/mol. The van der Waals surface area contributed by atoms with Crippen molar-refractivity contribution in [1.82, 2.24) is 0 Å². The molecule has 0 spiro atoms. The maximum absolute atomic E-state index is 12.8. The Balaban J connectivity index is 1.75. The first-order valence-corrected chi connectivity index (χ1v) is 10.0. The predicted octanol–water partition coefficient (Wildman–Crippen LogP) is 2.65. The third-order valence-corrected chi connectivity index (χ3v) is 5.00. The van der Waals surface area contributed by atoms with Gasteiger partial charge in [-0.3, -0.25) is 9.59 Å². The Kier molecular flexibility index (Phi) is 7.09. The molecular weight excluding hydrogens is 416 g/mol. The summed E-state index contributed by atoms with van der Waals surface area (Å²) in [7, 11) is 2.43. The van der Waals surface area contributed by atoms with Crippen LogP contribution in [0.4, 0.5) is 11.4 Å². The number of carbonyl (C=O) groups is 4. The van der Waals surface area contributed by atoms with Gasteiger partial charge in [0.25, 0.3) is 0 Å². The van der Waals surface area contributed by atoms with Crippen LogP contribution in [0, 0.1) is 5.92 Å². The lowest BCUT2D eigenvalue weighted by Crippen LogP contribution is -2.28. The van der Waals surface area contributed by atoms with Crippen LogP contribution in [0.1, 0.15) is 34.1 Å². The van der Waals surface area contributed by atoms with E-state index in [0.717, 1.165) is 0 Å². The van der Waals surface area contributed by atoms with Gasteiger partial charge in [-0.2, -0.15) is 0 Å². The highest BCUT2D eigenvalue weighted by molar-refractivity contribution is 6.04. The Labute approximate surface area is 185 Å². The molecule has 1 fully saturated rings. The Bertz CT molecular complexity index is 999. The second kappa shape index (κ2) is 9.95. The highest BCUT2D eigenvalue weighted by Crippen LogP contribution is 2.28. The molecule has 2 amide bonds. The molecule has 1 unspecified atom stereocenters. The van der Waals surface area contributed by atoms with Gasteiger partial charge in [0.1, 0.15) is 5.75 Å². The summed E-state index contributed by atoms with van der Waals surface area (Å²) in [6, 6.07) is 11.2. The monoisotopic (exact) mass is 440 g/mol. The summed E-state index contributed by atoms with van der Waals surface area (Å²) in [6.07, 6.45) is 0.0413. The molecule has 9 heteroatoms. The number of nitrogens with zero attached hydrogens (tertiary/aromatic N) is 1. The van der Waals surface area contributed by atoms with E-state index in [2.05, 4.69) is 5.32 Å². The lowest BCUT2D eigenvalue weighted by Gasteiger charge is -2.17. The number of anilines is 2. The quantitative estimate of drug-likeness (QED) is 0.659. The van der Waals surface area contributed by atoms with Gasteiger partial charge in [-0.05, 0) is 49.4 Å². The summed E-state index contributed by atoms with van der Waals surface area (Å²) in [5, 5.41) is 2.69. The van der Waals surface area contributed by atoms with Gasteiger partial charge in [0.2, 0.25) is 11.8 Å². The standard InChI is InChI=1S/C23H24N2O7/c1-4-32-19-7-5-18(6-8-19)25-13-16(12-20(25)26)21(27)24-17-10-14(22(28)30-2)9-15(11-17)23(29)31-3/h5-11,16H,4,12-13H2,1-3H3,(H,24,27). The fourth-order valence-corrected chi connectivity index (χ4v) is 3.44. The minimum absolute atomic E-state index is 0.0413. The molecule has 2 aromatic carbocycles. The average Bonchev–Trinajstić information content (AvgIpc) is 3.20. The average molecular weight is 440 g/mol. The first kappa shape index (κ1) is 22.8. The largest absolute Gasteiger partial charge is 0.494 e. The molecule has 1 aliphatic heterocycles. The number of rotatable bonds is 7. The van der Waals surface area contributed by atoms with Crippen molar-refractivity contribution in [3.05, 3.63) is 53.6 Å². The molecule has 2 aromatic rings. The molecule has 1 atom stereocenters. The summed E-state index contributed by atoms with van der Waals surface area (Å²) in [4.78, 5) is 50.8. The van der Waals surface area contributed by atoms with Crippen LogP contribution in [0.3, 0.4) is 0 Å². The zero-order valence-corrected chi connectivity index (χ0v) is 18.0. The summed E-state index contributed by atoms with van der Waals surface area (Å²) in [5.41, 5.74) is 1.08. The van der Waals surface area contributed by atoms with Crippen molar-refractivity contribution in [2.24, 2.45) is 5.92 Å². The van der Waals surface area contributed by atoms with E-state index in [4.69, 9.17) is 14.2 Å². The molecule has 1 heterocycles. The van der Waals surface area contributed by atoms with Crippen LogP contribution in [0.15, 0.2) is 42.5 Å². The van der Waals surface area contributed by atoms with Gasteiger partial charge in [0, 0.05) is 24.3 Å². The fraction of sp³-hybridized carbons (Fsp3) is 0.304. The van der Waals surface area contributed by atoms with Gasteiger partial charge < -0.3 is 24.4 Å². The van der Waals surface area contributed by atoms with Crippen molar-refractivity contribution in [1.29, 1.82) is 0 Å². The summed E-state index contributed by atoms with van der Waals surface area (Å²) in [5.74, 6) is -1.80. The molecule has 1 N–H and O–H groups in total. The molecule has 9 nitrogen and oxygen atoms in total. The molecule has 32 heavy (non-hydrogen) atoms. The number of benzene rings is 2. The Morgan fingerprint density at radius 1 is 1.00 bits per heavy atom. The Morgan fingerprint density at radius 3 is 2.12 bits per heavy atom. The van der Waals surface area contributed by atoms with Gasteiger partial charge in [-0.15, -0.1) is 0 Å². The van der Waals surface area contributed by atoms with Crippen LogP contribution in [0.2, 0.25) is 0 Å². The lowest BCUT2D eigenvalue weighted by atomic mass is 10.1. The van der Waals surface area contributed by atoms with Gasteiger partial charge in [0.05, 0.1) is 37.9 Å². The number of carbonyl (C=O) groups excluding carboxylic acids is 4. The number of nitrogens with one attached hydrogen (secondary N) is 1. The van der Waals surface area contributed by atoms with E-state index in [1.165, 1.54) is 32.4 Å². The van der Waals surface area contributed by atoms with E-state index in [0.29, 0.717) is 18.0 Å². The van der Waals surface area contributed by atoms with Crippen molar-refractivity contribution >= 4 is 35.1 Å². The zero-order chi connectivity index (χ0) is 23.3. The molecule has 0 radical (unpaired) electrons. The number of ether oxygens (including phenoxy) is 3. The van der Waals surface area contributed by atoms with Crippen LogP contribution in [0.5, 0.6) is 5.75 Å². The number of hydrogen-bond acceptors (Lipinski definition) is 7. The Hall–Kier alpha value is -3.88. The van der Waals surface area contributed by atoms with Crippen molar-refractivity contribution in [2.75, 3.05) is 37.6 Å². The van der Waals surface area contributed by atoms with Crippen LogP contribution >= 0.6 is 0 Å². The number of hydrogen-bond donors (Lipinski definition) is 1. The fourth-order valence-electron chi connectivity index (χ4n) is 3.44. The van der Waals surface area contributed by atoms with Crippen molar-refractivity contribution in [3.63, 3.8) is 0 Å². The molecule has 3 rings (SSSR count). The van der Waals surface area contributed by atoms with E-state index in [1.54, 1.807) is 29.2 Å². The Morgan fingerprint density at radius 2 is 1.59 bits per heavy atom. The summed E-state index contributed by atoms with van der Waals surface area (Å²) >= 11 is 0. The maximum atomic E-state index is 12.8. The van der Waals surface area contributed by atoms with Crippen LogP contribution in [0.25, 0.3) is 0 Å². The van der Waals surface area contributed by atoms with Crippen LogP contribution < -0.4 is 15.0 Å². The number of amides is 2. The molecule has 0 saturated carbocycles. The first-order chi connectivity index (χ1) is 15.4. The van der Waals surface area contributed by atoms with E-state index in [-0.39, 0.29) is 35.7 Å². The zero-order valence-electron chi connectivity index (χ0n) is 18.0. The highest BCUT2D eigenvalue weighted by atomic mass is 16.5. The SMILES string of the molecule is CCOc1ccc(N2CC(C(=O)Nc3cc(C(=O)OC)cc(C(=O)OC)c3)CC2=O)cc1. The number of methoxy groups -OCH3 is 2. The topological polar surface area (TPSA) is 111 Å².